The Kier molecular flexibility index (Phi) is 5.46. The van der Waals surface area contributed by atoms with Gasteiger partial charge in [0.05, 0.1) is 24.4 Å². The number of nitrogens with zero attached hydrogens (tertiary/aromatic N) is 2. The lowest BCUT2D eigenvalue weighted by Crippen LogP contribution is -2.45. The number of fused-ring (bicyclic) bond motifs is 1. The van der Waals surface area contributed by atoms with Crippen LogP contribution in [0.25, 0.3) is 10.9 Å². The van der Waals surface area contributed by atoms with Crippen LogP contribution in [0.4, 0.5) is 10.5 Å². The van der Waals surface area contributed by atoms with Crippen LogP contribution in [-0.4, -0.2) is 48.9 Å². The first-order valence-corrected chi connectivity index (χ1v) is 8.85. The van der Waals surface area contributed by atoms with Gasteiger partial charge in [-0.2, -0.15) is 0 Å². The van der Waals surface area contributed by atoms with Crippen LogP contribution in [0.1, 0.15) is 31.3 Å². The van der Waals surface area contributed by atoms with E-state index < -0.39 is 17.6 Å². The predicted molar refractivity (Wildman–Crippen MR) is 102 cm³/mol. The van der Waals surface area contributed by atoms with E-state index in [2.05, 4.69) is 20.7 Å². The molecule has 1 saturated heterocycles. The fourth-order valence-corrected chi connectivity index (χ4v) is 2.79. The third kappa shape index (κ3) is 4.85. The second-order valence-corrected chi connectivity index (χ2v) is 7.23. The van der Waals surface area contributed by atoms with Gasteiger partial charge in [-0.1, -0.05) is 18.2 Å². The topological polar surface area (TPSA) is 92.8 Å². The number of nitrogens with one attached hydrogen (secondary N) is 2. The second kappa shape index (κ2) is 7.79. The highest BCUT2D eigenvalue weighted by Crippen LogP contribution is 2.25. The molecule has 8 nitrogen and oxygen atoms in total. The molecule has 2 aromatic rings. The van der Waals surface area contributed by atoms with Crippen molar-refractivity contribution in [3.8, 4) is 0 Å². The summed E-state index contributed by atoms with van der Waals surface area (Å²) in [4.78, 5) is 31.1. The molecule has 1 aromatic carbocycles. The van der Waals surface area contributed by atoms with Gasteiger partial charge in [-0.15, -0.1) is 0 Å². The van der Waals surface area contributed by atoms with E-state index in [0.717, 1.165) is 5.39 Å². The maximum atomic E-state index is 12.7. The van der Waals surface area contributed by atoms with Gasteiger partial charge in [0.2, 0.25) is 0 Å². The van der Waals surface area contributed by atoms with Crippen LogP contribution in [0.15, 0.2) is 30.3 Å². The van der Waals surface area contributed by atoms with Crippen LogP contribution in [0, 0.1) is 0 Å². The van der Waals surface area contributed by atoms with Gasteiger partial charge in [0.25, 0.3) is 5.91 Å². The largest absolute Gasteiger partial charge is 0.443 e. The molecule has 0 unspecified atom stereocenters. The van der Waals surface area contributed by atoms with Crippen LogP contribution >= 0.6 is 0 Å². The van der Waals surface area contributed by atoms with Crippen molar-refractivity contribution in [2.24, 2.45) is 0 Å². The molecule has 1 aliphatic rings. The smallest absolute Gasteiger partial charge is 0.426 e. The van der Waals surface area contributed by atoms with Crippen molar-refractivity contribution < 1.29 is 19.1 Å². The SMILES string of the molecule is CC(C)(C)OC(=O)NNC(=O)c1nc2ccccc2cc1N1CCOCC1. The van der Waals surface area contributed by atoms with E-state index in [9.17, 15) is 9.59 Å². The van der Waals surface area contributed by atoms with E-state index >= 15 is 0 Å². The zero-order valence-corrected chi connectivity index (χ0v) is 15.7. The van der Waals surface area contributed by atoms with Crippen LogP contribution < -0.4 is 15.8 Å². The first-order valence-electron chi connectivity index (χ1n) is 8.85. The lowest BCUT2D eigenvalue weighted by atomic mass is 10.1. The van der Waals surface area contributed by atoms with Crippen molar-refractivity contribution in [1.29, 1.82) is 0 Å². The molecule has 0 aliphatic carbocycles. The summed E-state index contributed by atoms with van der Waals surface area (Å²) < 4.78 is 10.5. The Morgan fingerprint density at radius 1 is 1.15 bits per heavy atom. The van der Waals surface area contributed by atoms with Crippen LogP contribution in [0.3, 0.4) is 0 Å². The van der Waals surface area contributed by atoms with Crippen LogP contribution in [0.2, 0.25) is 0 Å². The minimum absolute atomic E-state index is 0.242. The van der Waals surface area contributed by atoms with Gasteiger partial charge in [0, 0.05) is 18.5 Å². The van der Waals surface area contributed by atoms with Crippen LogP contribution in [-0.2, 0) is 9.47 Å². The van der Waals surface area contributed by atoms with E-state index in [1.807, 2.05) is 30.3 Å². The van der Waals surface area contributed by atoms with Crippen molar-refractivity contribution in [3.63, 3.8) is 0 Å². The fourth-order valence-electron chi connectivity index (χ4n) is 2.79. The molecule has 2 heterocycles. The summed E-state index contributed by atoms with van der Waals surface area (Å²) in [7, 11) is 0. The van der Waals surface area contributed by atoms with E-state index in [-0.39, 0.29) is 5.69 Å². The number of amides is 2. The number of carbonyl (C=O) groups excluding carboxylic acids is 2. The number of carbonyl (C=O) groups is 2. The zero-order chi connectivity index (χ0) is 19.4. The number of hydrogen-bond donors (Lipinski definition) is 2. The van der Waals surface area contributed by atoms with Gasteiger partial charge in [0.1, 0.15) is 5.60 Å². The minimum atomic E-state index is -0.732. The number of ether oxygens (including phenoxy) is 2. The van der Waals surface area contributed by atoms with Gasteiger partial charge >= 0.3 is 6.09 Å². The quantitative estimate of drug-likeness (QED) is 0.786. The molecule has 27 heavy (non-hydrogen) atoms. The molecule has 8 heteroatoms. The number of benzene rings is 1. The first-order chi connectivity index (χ1) is 12.8. The Hall–Kier alpha value is -2.87. The Bertz CT molecular complexity index is 841. The molecular formula is C19H24N4O4. The molecule has 2 N–H and O–H groups in total. The van der Waals surface area contributed by atoms with Gasteiger partial charge < -0.3 is 14.4 Å². The average Bonchev–Trinajstić information content (AvgIpc) is 2.64. The molecule has 0 atom stereocenters. The van der Waals surface area contributed by atoms with Gasteiger partial charge in [0.15, 0.2) is 5.69 Å². The molecule has 0 radical (unpaired) electrons. The van der Waals surface area contributed by atoms with Crippen LogP contribution in [0.5, 0.6) is 0 Å². The van der Waals surface area contributed by atoms with E-state index in [1.54, 1.807) is 20.8 Å². The molecule has 1 aromatic heterocycles. The highest BCUT2D eigenvalue weighted by molar-refractivity contribution is 6.01. The Morgan fingerprint density at radius 3 is 2.56 bits per heavy atom. The molecule has 1 fully saturated rings. The maximum Gasteiger partial charge on any atom is 0.426 e. The molecule has 0 spiro atoms. The van der Waals surface area contributed by atoms with Crippen molar-refractivity contribution in [2.45, 2.75) is 26.4 Å². The number of morpholine rings is 1. The lowest BCUT2D eigenvalue weighted by molar-refractivity contribution is 0.0483. The number of para-hydroxylation sites is 1. The highest BCUT2D eigenvalue weighted by Gasteiger charge is 2.22. The van der Waals surface area contributed by atoms with E-state index in [4.69, 9.17) is 9.47 Å². The second-order valence-electron chi connectivity index (χ2n) is 7.23. The summed E-state index contributed by atoms with van der Waals surface area (Å²) in [6.07, 6.45) is -0.732. The number of pyridine rings is 1. The summed E-state index contributed by atoms with van der Waals surface area (Å²) in [5.41, 5.74) is 5.65. The summed E-state index contributed by atoms with van der Waals surface area (Å²) in [5.74, 6) is -0.506. The Balaban J connectivity index is 1.84. The van der Waals surface area contributed by atoms with Crippen molar-refractivity contribution in [1.82, 2.24) is 15.8 Å². The summed E-state index contributed by atoms with van der Waals surface area (Å²) in [6.45, 7) is 7.75. The molecule has 1 aliphatic heterocycles. The lowest BCUT2D eigenvalue weighted by Gasteiger charge is -2.30. The highest BCUT2D eigenvalue weighted by atomic mass is 16.6. The zero-order valence-electron chi connectivity index (χ0n) is 15.7. The summed E-state index contributed by atoms with van der Waals surface area (Å²) >= 11 is 0. The Morgan fingerprint density at radius 2 is 1.85 bits per heavy atom. The molecule has 2 amide bonds. The van der Waals surface area contributed by atoms with Gasteiger partial charge in [-0.25, -0.2) is 15.2 Å². The molecule has 144 valence electrons. The van der Waals surface area contributed by atoms with Crippen molar-refractivity contribution >= 4 is 28.6 Å². The van der Waals surface area contributed by atoms with E-state index in [0.29, 0.717) is 37.5 Å². The van der Waals surface area contributed by atoms with E-state index in [1.165, 1.54) is 0 Å². The fraction of sp³-hybridized carbons (Fsp3) is 0.421. The first kappa shape index (κ1) is 18.9. The monoisotopic (exact) mass is 372 g/mol. The maximum absolute atomic E-state index is 12.7. The standard InChI is InChI=1S/C19H24N4O4/c1-19(2,3)27-18(25)22-21-17(24)16-15(23-8-10-26-11-9-23)12-13-6-4-5-7-14(13)20-16/h4-7,12H,8-11H2,1-3H3,(H,21,24)(H,22,25). The predicted octanol–water partition coefficient (Wildman–Crippen LogP) is 2.24. The number of hydrazine groups is 1. The number of hydrogen-bond acceptors (Lipinski definition) is 6. The summed E-state index contributed by atoms with van der Waals surface area (Å²) in [6, 6.07) is 9.53. The molecule has 0 saturated carbocycles. The third-order valence-electron chi connectivity index (χ3n) is 3.95. The number of rotatable bonds is 2. The van der Waals surface area contributed by atoms with Gasteiger partial charge in [-0.05, 0) is 32.9 Å². The van der Waals surface area contributed by atoms with Gasteiger partial charge in [-0.3, -0.25) is 10.2 Å². The Labute approximate surface area is 157 Å². The molecular weight excluding hydrogens is 348 g/mol. The number of anilines is 1. The normalized spacial score (nSPS) is 14.7. The molecule has 3 rings (SSSR count). The summed E-state index contributed by atoms with van der Waals surface area (Å²) in [5, 5.41) is 0.940. The average molecular weight is 372 g/mol. The minimum Gasteiger partial charge on any atom is -0.443 e. The van der Waals surface area contributed by atoms with Crippen molar-refractivity contribution in [2.75, 3.05) is 31.2 Å². The third-order valence-corrected chi connectivity index (χ3v) is 3.95. The number of aromatic nitrogens is 1. The molecule has 0 bridgehead atoms. The van der Waals surface area contributed by atoms with Crippen molar-refractivity contribution in [3.05, 3.63) is 36.0 Å².